The lowest BCUT2D eigenvalue weighted by Crippen LogP contribution is -2.46. The molecule has 1 fully saturated rings. The van der Waals surface area contributed by atoms with Gasteiger partial charge in [-0.15, -0.1) is 0 Å². The highest BCUT2D eigenvalue weighted by atomic mass is 16.1. The highest BCUT2D eigenvalue weighted by Crippen LogP contribution is 2.19. The molecule has 150 valence electrons. The summed E-state index contributed by atoms with van der Waals surface area (Å²) in [5, 5.41) is 3.34. The Balaban J connectivity index is 1.73. The van der Waals surface area contributed by atoms with Gasteiger partial charge in [0.2, 0.25) is 5.43 Å². The second kappa shape index (κ2) is 9.74. The van der Waals surface area contributed by atoms with Crippen LogP contribution in [0.4, 0.5) is 11.4 Å². The van der Waals surface area contributed by atoms with Crippen molar-refractivity contribution in [2.24, 2.45) is 0 Å². The van der Waals surface area contributed by atoms with Crippen molar-refractivity contribution < 1.29 is 0 Å². The van der Waals surface area contributed by atoms with E-state index in [9.17, 15) is 4.79 Å². The maximum atomic E-state index is 13.1. The molecule has 3 rings (SSSR count). The van der Waals surface area contributed by atoms with Crippen LogP contribution < -0.4 is 15.6 Å². The molecule has 0 bridgehead atoms. The molecule has 0 radical (unpaired) electrons. The van der Waals surface area contributed by atoms with Gasteiger partial charge in [0.1, 0.15) is 0 Å². The van der Waals surface area contributed by atoms with E-state index in [1.54, 1.807) is 0 Å². The van der Waals surface area contributed by atoms with E-state index in [4.69, 9.17) is 0 Å². The third-order valence-corrected chi connectivity index (χ3v) is 5.44. The predicted molar refractivity (Wildman–Crippen MR) is 120 cm³/mol. The van der Waals surface area contributed by atoms with Gasteiger partial charge in [-0.2, -0.15) is 0 Å². The number of anilines is 2. The van der Waals surface area contributed by atoms with Crippen LogP contribution in [-0.2, 0) is 6.54 Å². The van der Waals surface area contributed by atoms with Crippen molar-refractivity contribution in [1.82, 2.24) is 4.90 Å². The summed E-state index contributed by atoms with van der Waals surface area (Å²) in [6, 6.07) is 16.8. The van der Waals surface area contributed by atoms with E-state index in [1.165, 1.54) is 11.3 Å². The van der Waals surface area contributed by atoms with E-state index in [0.29, 0.717) is 12.5 Å². The second-order valence-electron chi connectivity index (χ2n) is 7.93. The Bertz CT molecular complexity index is 812. The molecule has 0 unspecified atom stereocenters. The fraction of sp³-hybridized carbons (Fsp3) is 0.458. The minimum atomic E-state index is 0.144. The first-order chi connectivity index (χ1) is 13.6. The molecule has 0 atom stereocenters. The summed E-state index contributed by atoms with van der Waals surface area (Å²) in [4.78, 5) is 17.9. The molecular formula is C24H33N3O. The summed E-state index contributed by atoms with van der Waals surface area (Å²) in [6.07, 6.45) is 1.01. The highest BCUT2D eigenvalue weighted by molar-refractivity contribution is 5.48. The number of para-hydroxylation sites is 1. The van der Waals surface area contributed by atoms with Crippen molar-refractivity contribution >= 4 is 11.4 Å². The molecule has 0 spiro atoms. The summed E-state index contributed by atoms with van der Waals surface area (Å²) >= 11 is 0. The first-order valence-electron chi connectivity index (χ1n) is 10.5. The Kier molecular flexibility index (Phi) is 7.10. The van der Waals surface area contributed by atoms with Crippen LogP contribution in [0.25, 0.3) is 0 Å². The molecule has 0 aromatic heterocycles. The molecule has 1 saturated heterocycles. The maximum absolute atomic E-state index is 13.1. The summed E-state index contributed by atoms with van der Waals surface area (Å²) in [7, 11) is 0. The number of benzene rings is 1. The van der Waals surface area contributed by atoms with Crippen molar-refractivity contribution in [3.05, 3.63) is 69.9 Å². The average Bonchev–Trinajstić information content (AvgIpc) is 2.87. The van der Waals surface area contributed by atoms with Crippen molar-refractivity contribution in [3.63, 3.8) is 0 Å². The van der Waals surface area contributed by atoms with Crippen molar-refractivity contribution in [1.29, 1.82) is 0 Å². The number of nitrogens with one attached hydrogen (secondary N) is 1. The van der Waals surface area contributed by atoms with Crippen LogP contribution >= 0.6 is 0 Å². The Morgan fingerprint density at radius 2 is 1.71 bits per heavy atom. The van der Waals surface area contributed by atoms with Gasteiger partial charge >= 0.3 is 0 Å². The minimum absolute atomic E-state index is 0.144. The van der Waals surface area contributed by atoms with Crippen LogP contribution in [0.1, 0.15) is 44.2 Å². The maximum Gasteiger partial charge on any atom is 0.206 e. The minimum Gasteiger partial charge on any atom is -0.382 e. The molecular weight excluding hydrogens is 346 g/mol. The number of rotatable bonds is 7. The third kappa shape index (κ3) is 5.14. The molecule has 1 aliphatic heterocycles. The fourth-order valence-electron chi connectivity index (χ4n) is 3.64. The predicted octanol–water partition coefficient (Wildman–Crippen LogP) is 4.31. The number of piperazine rings is 1. The quantitative estimate of drug-likeness (QED) is 0.777. The molecule has 4 heteroatoms. The molecule has 1 heterocycles. The van der Waals surface area contributed by atoms with Crippen LogP contribution in [0.5, 0.6) is 0 Å². The van der Waals surface area contributed by atoms with Gasteiger partial charge in [0.15, 0.2) is 0 Å². The molecule has 0 amide bonds. The first-order valence-corrected chi connectivity index (χ1v) is 10.5. The third-order valence-electron chi connectivity index (χ3n) is 5.44. The van der Waals surface area contributed by atoms with Crippen LogP contribution in [0.2, 0.25) is 0 Å². The second-order valence-corrected chi connectivity index (χ2v) is 7.93. The van der Waals surface area contributed by atoms with Gasteiger partial charge in [-0.1, -0.05) is 51.1 Å². The fourth-order valence-corrected chi connectivity index (χ4v) is 3.64. The van der Waals surface area contributed by atoms with Crippen molar-refractivity contribution in [2.45, 2.75) is 39.7 Å². The average molecular weight is 380 g/mol. The Morgan fingerprint density at radius 1 is 1.00 bits per heavy atom. The van der Waals surface area contributed by atoms with Crippen LogP contribution in [0, 0.1) is 0 Å². The van der Waals surface area contributed by atoms with Gasteiger partial charge in [-0.3, -0.25) is 9.69 Å². The molecule has 4 nitrogen and oxygen atoms in total. The zero-order valence-corrected chi connectivity index (χ0v) is 17.4. The van der Waals surface area contributed by atoms with E-state index >= 15 is 0 Å². The Hall–Kier alpha value is -2.33. The zero-order valence-electron chi connectivity index (χ0n) is 17.4. The van der Waals surface area contributed by atoms with E-state index in [-0.39, 0.29) is 5.43 Å². The van der Waals surface area contributed by atoms with E-state index in [2.05, 4.69) is 72.3 Å². The van der Waals surface area contributed by atoms with Crippen LogP contribution in [0.15, 0.2) is 53.3 Å². The molecule has 1 N–H and O–H groups in total. The SMILES string of the molecule is CCCNc1cc(C(C)C)ccc(CN2CCN(c3ccccc3)CC2)c1=O. The molecule has 2 aromatic carbocycles. The van der Waals surface area contributed by atoms with Gasteiger partial charge in [-0.05, 0) is 36.1 Å². The highest BCUT2D eigenvalue weighted by Gasteiger charge is 2.18. The lowest BCUT2D eigenvalue weighted by Gasteiger charge is -2.36. The van der Waals surface area contributed by atoms with Gasteiger partial charge in [-0.25, -0.2) is 0 Å². The summed E-state index contributed by atoms with van der Waals surface area (Å²) in [5.74, 6) is 0.399. The molecule has 0 saturated carbocycles. The monoisotopic (exact) mass is 379 g/mol. The van der Waals surface area contributed by atoms with E-state index < -0.39 is 0 Å². The van der Waals surface area contributed by atoms with Gasteiger partial charge in [0, 0.05) is 50.5 Å². The number of hydrogen-bond donors (Lipinski definition) is 1. The summed E-state index contributed by atoms with van der Waals surface area (Å²) in [6.45, 7) is 11.9. The van der Waals surface area contributed by atoms with Gasteiger partial charge < -0.3 is 10.2 Å². The largest absolute Gasteiger partial charge is 0.382 e. The summed E-state index contributed by atoms with van der Waals surface area (Å²) in [5.41, 5.74) is 4.26. The smallest absolute Gasteiger partial charge is 0.206 e. The van der Waals surface area contributed by atoms with Gasteiger partial charge in [0.05, 0.1) is 5.69 Å². The topological polar surface area (TPSA) is 35.6 Å². The Morgan fingerprint density at radius 3 is 2.36 bits per heavy atom. The zero-order chi connectivity index (χ0) is 19.9. The summed E-state index contributed by atoms with van der Waals surface area (Å²) < 4.78 is 0. The van der Waals surface area contributed by atoms with Gasteiger partial charge in [0.25, 0.3) is 0 Å². The van der Waals surface area contributed by atoms with Crippen LogP contribution in [0.3, 0.4) is 0 Å². The first kappa shape index (κ1) is 20.4. The van der Waals surface area contributed by atoms with E-state index in [0.717, 1.165) is 50.4 Å². The molecule has 0 aliphatic carbocycles. The molecule has 1 aliphatic rings. The van der Waals surface area contributed by atoms with Crippen molar-refractivity contribution in [3.8, 4) is 0 Å². The number of nitrogens with zero attached hydrogens (tertiary/aromatic N) is 2. The number of hydrogen-bond acceptors (Lipinski definition) is 4. The standard InChI is InChI=1S/C24H33N3O/c1-4-12-25-23-17-20(19(2)3)10-11-21(24(23)28)18-26-13-15-27(16-14-26)22-8-6-5-7-9-22/h5-11,17,19H,4,12-16,18H2,1-3H3,(H,25,28). The lowest BCUT2D eigenvalue weighted by molar-refractivity contribution is 0.249. The lowest BCUT2D eigenvalue weighted by atomic mass is 10.1. The van der Waals surface area contributed by atoms with Crippen LogP contribution in [-0.4, -0.2) is 37.6 Å². The molecule has 2 aromatic rings. The Labute approximate surface area is 169 Å². The normalized spacial score (nSPS) is 15.1. The van der Waals surface area contributed by atoms with E-state index in [1.807, 2.05) is 12.1 Å². The van der Waals surface area contributed by atoms with Crippen molar-refractivity contribution in [2.75, 3.05) is 42.9 Å². The molecule has 28 heavy (non-hydrogen) atoms.